The fourth-order valence-electron chi connectivity index (χ4n) is 4.34. The Bertz CT molecular complexity index is 1500. The van der Waals surface area contributed by atoms with E-state index in [-0.39, 0.29) is 0 Å². The van der Waals surface area contributed by atoms with E-state index in [4.69, 9.17) is 4.74 Å². The Morgan fingerprint density at radius 3 is 2.55 bits per heavy atom. The average molecular weight is 457 g/mol. The minimum atomic E-state index is -3.80. The number of hydrogen-bond donors (Lipinski definition) is 0. The number of fused-ring (bicyclic) bond motifs is 1. The van der Waals surface area contributed by atoms with Gasteiger partial charge in [0.25, 0.3) is 0 Å². The number of rotatable bonds is 5. The Labute approximate surface area is 193 Å². The lowest BCUT2D eigenvalue weighted by Gasteiger charge is -2.30. The van der Waals surface area contributed by atoms with E-state index in [1.807, 2.05) is 72.8 Å². The Morgan fingerprint density at radius 1 is 1.00 bits per heavy atom. The normalized spacial score (nSPS) is 18.3. The van der Waals surface area contributed by atoms with E-state index in [1.165, 1.54) is 3.97 Å². The van der Waals surface area contributed by atoms with Crippen molar-refractivity contribution in [3.63, 3.8) is 0 Å². The smallest absolute Gasteiger partial charge is 0.249 e. The molecule has 2 aromatic carbocycles. The molecule has 1 aliphatic rings. The third-order valence-electron chi connectivity index (χ3n) is 6.19. The lowest BCUT2D eigenvalue weighted by molar-refractivity contribution is 0.413. The molecule has 2 aromatic heterocycles. The number of pyridine rings is 1. The van der Waals surface area contributed by atoms with Crippen molar-refractivity contribution in [3.8, 4) is 16.9 Å². The predicted octanol–water partition coefficient (Wildman–Crippen LogP) is 5.69. The van der Waals surface area contributed by atoms with Gasteiger partial charge in [0.2, 0.25) is 10.0 Å². The highest BCUT2D eigenvalue weighted by molar-refractivity contribution is 7.91. The van der Waals surface area contributed by atoms with Crippen LogP contribution in [0.15, 0.2) is 97.4 Å². The van der Waals surface area contributed by atoms with Gasteiger partial charge in [0.1, 0.15) is 10.5 Å². The number of aromatic nitrogens is 2. The average Bonchev–Trinajstić information content (AvgIpc) is 3.28. The predicted molar refractivity (Wildman–Crippen MR) is 133 cm³/mol. The van der Waals surface area contributed by atoms with E-state index in [0.29, 0.717) is 12.1 Å². The molecule has 0 saturated carbocycles. The van der Waals surface area contributed by atoms with Gasteiger partial charge >= 0.3 is 0 Å². The second-order valence-electron chi connectivity index (χ2n) is 8.36. The molecule has 0 saturated heterocycles. The molecule has 0 bridgehead atoms. The van der Waals surface area contributed by atoms with E-state index in [0.717, 1.165) is 33.4 Å². The zero-order valence-corrected chi connectivity index (χ0v) is 19.3. The van der Waals surface area contributed by atoms with Gasteiger partial charge in [0.05, 0.1) is 7.11 Å². The van der Waals surface area contributed by atoms with E-state index < -0.39 is 14.8 Å². The Kier molecular flexibility index (Phi) is 5.17. The van der Waals surface area contributed by atoms with Crippen molar-refractivity contribution in [2.24, 2.45) is 0 Å². The molecule has 1 aliphatic carbocycles. The Balaban J connectivity index is 1.53. The van der Waals surface area contributed by atoms with Gasteiger partial charge in [-0.25, -0.2) is 17.4 Å². The van der Waals surface area contributed by atoms with Gasteiger partial charge in [-0.15, -0.1) is 0 Å². The molecule has 1 atom stereocenters. The SMILES string of the molecule is COc1ccccc1C1=CC=CC(C)(S(=O)(=O)n2ccc3cc(-c4ccccc4)cnc32)C1. The van der Waals surface area contributed by atoms with Gasteiger partial charge < -0.3 is 4.74 Å². The van der Waals surface area contributed by atoms with Gasteiger partial charge in [-0.05, 0) is 42.7 Å². The van der Waals surface area contributed by atoms with Crippen molar-refractivity contribution in [2.75, 3.05) is 7.11 Å². The summed E-state index contributed by atoms with van der Waals surface area (Å²) in [5.74, 6) is 0.723. The fourth-order valence-corrected chi connectivity index (χ4v) is 5.98. The topological polar surface area (TPSA) is 61.2 Å². The molecule has 1 unspecified atom stereocenters. The van der Waals surface area contributed by atoms with Crippen molar-refractivity contribution < 1.29 is 13.2 Å². The molecule has 166 valence electrons. The van der Waals surface area contributed by atoms with Crippen LogP contribution >= 0.6 is 0 Å². The van der Waals surface area contributed by atoms with Crippen LogP contribution in [-0.4, -0.2) is 29.2 Å². The Morgan fingerprint density at radius 2 is 1.76 bits per heavy atom. The number of methoxy groups -OCH3 is 1. The third-order valence-corrected chi connectivity index (χ3v) is 8.46. The van der Waals surface area contributed by atoms with Crippen LogP contribution in [0.25, 0.3) is 27.7 Å². The summed E-state index contributed by atoms with van der Waals surface area (Å²) in [6.07, 6.45) is 9.17. The molecular weight excluding hydrogens is 432 g/mol. The standard InChI is InChI=1S/C27H24N2O3S/c1-27(15-8-11-22(18-27)24-12-6-7-13-25(24)32-2)33(30,31)29-16-14-21-17-23(19-28-26(21)29)20-9-4-3-5-10-20/h3-17,19H,18H2,1-2H3. The zero-order valence-electron chi connectivity index (χ0n) is 18.5. The van der Waals surface area contributed by atoms with Crippen LogP contribution in [0.3, 0.4) is 0 Å². The van der Waals surface area contributed by atoms with Crippen LogP contribution in [0.5, 0.6) is 5.75 Å². The molecule has 4 aromatic rings. The van der Waals surface area contributed by atoms with Crippen molar-refractivity contribution in [1.29, 1.82) is 0 Å². The molecular formula is C27H24N2O3S. The second-order valence-corrected chi connectivity index (χ2v) is 10.6. The number of allylic oxidation sites excluding steroid dienone is 3. The summed E-state index contributed by atoms with van der Waals surface area (Å²) in [5, 5.41) is 0.781. The van der Waals surface area contributed by atoms with E-state index in [1.54, 1.807) is 38.6 Å². The van der Waals surface area contributed by atoms with E-state index >= 15 is 0 Å². The first-order chi connectivity index (χ1) is 15.9. The Hall–Kier alpha value is -3.64. The number of para-hydroxylation sites is 1. The number of hydrogen-bond acceptors (Lipinski definition) is 4. The molecule has 33 heavy (non-hydrogen) atoms. The van der Waals surface area contributed by atoms with Crippen LogP contribution in [0.1, 0.15) is 18.9 Å². The lowest BCUT2D eigenvalue weighted by Crippen LogP contribution is -2.38. The van der Waals surface area contributed by atoms with Crippen molar-refractivity contribution >= 4 is 26.6 Å². The minimum absolute atomic E-state index is 0.327. The number of ether oxygens (including phenoxy) is 1. The van der Waals surface area contributed by atoms with Gasteiger partial charge in [-0.3, -0.25) is 0 Å². The molecule has 5 rings (SSSR count). The van der Waals surface area contributed by atoms with E-state index in [2.05, 4.69) is 4.98 Å². The van der Waals surface area contributed by atoms with Crippen LogP contribution in [0.2, 0.25) is 0 Å². The maximum Gasteiger partial charge on any atom is 0.249 e. The van der Waals surface area contributed by atoms with Crippen LogP contribution in [0, 0.1) is 0 Å². The highest BCUT2D eigenvalue weighted by Crippen LogP contribution is 2.40. The van der Waals surface area contributed by atoms with E-state index in [9.17, 15) is 8.42 Å². The molecule has 5 nitrogen and oxygen atoms in total. The summed E-state index contributed by atoms with van der Waals surface area (Å²) in [4.78, 5) is 4.54. The molecule has 2 heterocycles. The van der Waals surface area contributed by atoms with Crippen molar-refractivity contribution in [1.82, 2.24) is 8.96 Å². The minimum Gasteiger partial charge on any atom is -0.496 e. The summed E-state index contributed by atoms with van der Waals surface area (Å²) < 4.78 is 33.4. The molecule has 6 heteroatoms. The quantitative estimate of drug-likeness (QED) is 0.387. The first kappa shape index (κ1) is 21.2. The first-order valence-electron chi connectivity index (χ1n) is 10.7. The lowest BCUT2D eigenvalue weighted by atomic mass is 9.90. The molecule has 0 radical (unpaired) electrons. The molecule has 0 amide bonds. The number of benzene rings is 2. The highest BCUT2D eigenvalue weighted by atomic mass is 32.2. The maximum absolute atomic E-state index is 13.9. The van der Waals surface area contributed by atoms with Crippen molar-refractivity contribution in [2.45, 2.75) is 18.1 Å². The summed E-state index contributed by atoms with van der Waals surface area (Å²) in [7, 11) is -2.18. The van der Waals surface area contributed by atoms with Crippen molar-refractivity contribution in [3.05, 3.63) is 103 Å². The second kappa shape index (κ2) is 8.05. The van der Waals surface area contributed by atoms with Crippen LogP contribution in [0.4, 0.5) is 0 Å². The molecule has 0 aliphatic heterocycles. The summed E-state index contributed by atoms with van der Waals surface area (Å²) in [6, 6.07) is 21.4. The molecule has 0 spiro atoms. The van der Waals surface area contributed by atoms with Gasteiger partial charge in [0.15, 0.2) is 5.65 Å². The van der Waals surface area contributed by atoms with Crippen LogP contribution < -0.4 is 4.74 Å². The molecule has 0 fully saturated rings. The monoisotopic (exact) mass is 456 g/mol. The van der Waals surface area contributed by atoms with Gasteiger partial charge in [-0.2, -0.15) is 0 Å². The molecule has 0 N–H and O–H groups in total. The fraction of sp³-hybridized carbons (Fsp3) is 0.148. The third kappa shape index (κ3) is 3.56. The highest BCUT2D eigenvalue weighted by Gasteiger charge is 2.41. The van der Waals surface area contributed by atoms with Crippen LogP contribution in [-0.2, 0) is 10.0 Å². The van der Waals surface area contributed by atoms with Gasteiger partial charge in [-0.1, -0.05) is 66.8 Å². The summed E-state index contributed by atoms with van der Waals surface area (Å²) in [5.41, 5.74) is 4.22. The summed E-state index contributed by atoms with van der Waals surface area (Å²) in [6.45, 7) is 1.76. The first-order valence-corrected chi connectivity index (χ1v) is 12.2. The number of nitrogens with zero attached hydrogens (tertiary/aromatic N) is 2. The summed E-state index contributed by atoms with van der Waals surface area (Å²) >= 11 is 0. The largest absolute Gasteiger partial charge is 0.496 e. The maximum atomic E-state index is 13.9. The van der Waals surface area contributed by atoms with Gasteiger partial charge in [0, 0.05) is 28.9 Å². The zero-order chi connectivity index (χ0) is 23.1.